The van der Waals surface area contributed by atoms with Gasteiger partial charge in [0, 0.05) is 23.0 Å². The first kappa shape index (κ1) is 20.9. The molecule has 1 aliphatic carbocycles. The molecule has 8 heteroatoms. The summed E-state index contributed by atoms with van der Waals surface area (Å²) >= 11 is 6.01. The van der Waals surface area contributed by atoms with Gasteiger partial charge in [-0.2, -0.15) is 0 Å². The molecular weight excluding hydrogens is 429 g/mol. The highest BCUT2D eigenvalue weighted by Gasteiger charge is 2.37. The molecule has 0 amide bonds. The summed E-state index contributed by atoms with van der Waals surface area (Å²) in [6.07, 6.45) is 3.89. The van der Waals surface area contributed by atoms with Gasteiger partial charge in [-0.1, -0.05) is 23.7 Å². The van der Waals surface area contributed by atoms with Gasteiger partial charge in [0.1, 0.15) is 5.82 Å². The molecule has 0 saturated heterocycles. The minimum Gasteiger partial charge on any atom is -0.481 e. The van der Waals surface area contributed by atoms with Crippen molar-refractivity contribution < 1.29 is 22.7 Å². The van der Waals surface area contributed by atoms with E-state index in [1.54, 1.807) is 12.1 Å². The Morgan fingerprint density at radius 2 is 1.80 bits per heavy atom. The van der Waals surface area contributed by atoms with Gasteiger partial charge in [-0.15, -0.1) is 0 Å². The molecule has 1 atom stereocenters. The van der Waals surface area contributed by atoms with Crippen LogP contribution in [0.2, 0.25) is 5.02 Å². The summed E-state index contributed by atoms with van der Waals surface area (Å²) in [5.41, 5.74) is 3.86. The number of hydrogen-bond donors (Lipinski definition) is 1. The van der Waals surface area contributed by atoms with Crippen LogP contribution in [0.25, 0.3) is 10.9 Å². The van der Waals surface area contributed by atoms with Crippen LogP contribution in [0, 0.1) is 5.82 Å². The lowest BCUT2D eigenvalue weighted by molar-refractivity contribution is -0.134. The molecule has 2 aromatic carbocycles. The van der Waals surface area contributed by atoms with E-state index >= 15 is 0 Å². The first-order valence-electron chi connectivity index (χ1n) is 9.72. The van der Waals surface area contributed by atoms with Gasteiger partial charge >= 0.3 is 0 Å². The van der Waals surface area contributed by atoms with Gasteiger partial charge in [0.05, 0.1) is 22.2 Å². The minimum absolute atomic E-state index is 0.0543. The number of nitrogens with zero attached hydrogens (tertiary/aromatic N) is 1. The molecule has 0 radical (unpaired) electrons. The van der Waals surface area contributed by atoms with E-state index in [0.29, 0.717) is 10.5 Å². The number of fused-ring (bicyclic) bond motifs is 3. The molecule has 3 aromatic rings. The number of hydrogen-bond acceptors (Lipinski definition) is 3. The number of aliphatic carboxylic acids is 1. The fraction of sp³-hybridized carbons (Fsp3) is 0.318. The van der Waals surface area contributed by atoms with E-state index in [1.807, 2.05) is 12.1 Å². The predicted molar refractivity (Wildman–Crippen MR) is 113 cm³/mol. The fourth-order valence-electron chi connectivity index (χ4n) is 4.52. The van der Waals surface area contributed by atoms with Gasteiger partial charge in [-0.05, 0) is 61.1 Å². The summed E-state index contributed by atoms with van der Waals surface area (Å²) in [5.74, 6) is -1.37. The number of carboxylic acid groups (broad SMARTS) is 1. The maximum Gasteiger partial charge on any atom is 0.300 e. The van der Waals surface area contributed by atoms with Crippen molar-refractivity contribution >= 4 is 38.3 Å². The number of halogens is 2. The van der Waals surface area contributed by atoms with Crippen LogP contribution in [0.15, 0.2) is 41.3 Å². The van der Waals surface area contributed by atoms with Crippen LogP contribution >= 0.6 is 11.6 Å². The van der Waals surface area contributed by atoms with Gasteiger partial charge < -0.3 is 9.67 Å². The molecule has 30 heavy (non-hydrogen) atoms. The van der Waals surface area contributed by atoms with Crippen molar-refractivity contribution in [2.24, 2.45) is 0 Å². The molecule has 2 aliphatic rings. The third-order valence-corrected chi connectivity index (χ3v) is 7.60. The van der Waals surface area contributed by atoms with E-state index in [2.05, 4.69) is 4.57 Å². The van der Waals surface area contributed by atoms with Gasteiger partial charge in [0.2, 0.25) is 0 Å². The first-order chi connectivity index (χ1) is 14.2. The highest BCUT2D eigenvalue weighted by molar-refractivity contribution is 7.91. The van der Waals surface area contributed by atoms with Crippen molar-refractivity contribution in [3.63, 3.8) is 0 Å². The van der Waals surface area contributed by atoms with Crippen molar-refractivity contribution in [3.8, 4) is 0 Å². The minimum atomic E-state index is -3.57. The molecule has 5 rings (SSSR count). The summed E-state index contributed by atoms with van der Waals surface area (Å²) in [6, 6.07) is 9.72. The van der Waals surface area contributed by atoms with Crippen LogP contribution < -0.4 is 0 Å². The lowest BCUT2D eigenvalue weighted by atomic mass is 9.95. The van der Waals surface area contributed by atoms with E-state index in [4.69, 9.17) is 21.5 Å². The monoisotopic (exact) mass is 449 g/mol. The third kappa shape index (κ3) is 3.61. The Hall–Kier alpha value is -2.38. The zero-order chi connectivity index (χ0) is 21.6. The van der Waals surface area contributed by atoms with Gasteiger partial charge in [-0.25, -0.2) is 12.8 Å². The lowest BCUT2D eigenvalue weighted by Crippen LogP contribution is -2.28. The SMILES string of the molecule is CC(=O)O.O=S1(=O)C[C@@H](c2ccc(Cl)cc2)n2c3c(c4cc(F)cc1c42)CCCC3. The number of benzene rings is 2. The molecule has 1 aromatic heterocycles. The predicted octanol–water partition coefficient (Wildman–Crippen LogP) is 4.78. The molecular formula is C22H21ClFNO4S. The molecule has 0 unspecified atom stereocenters. The summed E-state index contributed by atoms with van der Waals surface area (Å²) in [7, 11) is -3.57. The molecule has 0 spiro atoms. The second-order valence-corrected chi connectivity index (χ2v) is 10.1. The van der Waals surface area contributed by atoms with E-state index < -0.39 is 21.6 Å². The molecule has 158 valence electrons. The van der Waals surface area contributed by atoms with Crippen molar-refractivity contribution in [2.75, 3.05) is 5.75 Å². The normalized spacial score (nSPS) is 19.0. The second kappa shape index (κ2) is 7.71. The summed E-state index contributed by atoms with van der Waals surface area (Å²) in [6.45, 7) is 1.08. The number of rotatable bonds is 1. The van der Waals surface area contributed by atoms with Crippen LogP contribution in [0.5, 0.6) is 0 Å². The summed E-state index contributed by atoms with van der Waals surface area (Å²) in [5, 5.41) is 8.80. The number of aromatic nitrogens is 1. The maximum absolute atomic E-state index is 14.2. The third-order valence-electron chi connectivity index (χ3n) is 5.61. The molecule has 1 N–H and O–H groups in total. The van der Waals surface area contributed by atoms with E-state index in [9.17, 15) is 12.8 Å². The van der Waals surface area contributed by atoms with Gasteiger partial charge in [0.15, 0.2) is 9.84 Å². The van der Waals surface area contributed by atoms with Crippen molar-refractivity contribution in [3.05, 3.63) is 64.1 Å². The number of carboxylic acids is 1. The summed E-state index contributed by atoms with van der Waals surface area (Å²) < 4.78 is 42.3. The zero-order valence-corrected chi connectivity index (χ0v) is 17.9. The van der Waals surface area contributed by atoms with Crippen molar-refractivity contribution in [1.82, 2.24) is 4.57 Å². The first-order valence-corrected chi connectivity index (χ1v) is 11.7. The molecule has 0 fully saturated rings. The lowest BCUT2D eigenvalue weighted by Gasteiger charge is -2.29. The van der Waals surface area contributed by atoms with Gasteiger partial charge in [0.25, 0.3) is 5.97 Å². The highest BCUT2D eigenvalue weighted by Crippen LogP contribution is 2.43. The molecule has 0 saturated carbocycles. The van der Waals surface area contributed by atoms with Crippen molar-refractivity contribution in [2.45, 2.75) is 43.5 Å². The Morgan fingerprint density at radius 1 is 1.17 bits per heavy atom. The number of sulfone groups is 1. The van der Waals surface area contributed by atoms with Gasteiger partial charge in [-0.3, -0.25) is 4.79 Å². The van der Waals surface area contributed by atoms with Crippen LogP contribution in [0.4, 0.5) is 4.39 Å². The van der Waals surface area contributed by atoms with Crippen LogP contribution in [-0.4, -0.2) is 29.8 Å². The average Bonchev–Trinajstić information content (AvgIpc) is 3.00. The Balaban J connectivity index is 0.000000503. The largest absolute Gasteiger partial charge is 0.481 e. The Kier molecular flexibility index (Phi) is 5.36. The van der Waals surface area contributed by atoms with E-state index in [1.165, 1.54) is 12.1 Å². The fourth-order valence-corrected chi connectivity index (χ4v) is 6.37. The maximum atomic E-state index is 14.2. The van der Waals surface area contributed by atoms with E-state index in [0.717, 1.165) is 54.8 Å². The average molecular weight is 450 g/mol. The Bertz CT molecular complexity index is 1240. The smallest absolute Gasteiger partial charge is 0.300 e. The van der Waals surface area contributed by atoms with Crippen LogP contribution in [-0.2, 0) is 27.5 Å². The molecule has 1 aliphatic heterocycles. The topological polar surface area (TPSA) is 76.4 Å². The van der Waals surface area contributed by atoms with Crippen LogP contribution in [0.3, 0.4) is 0 Å². The number of carbonyl (C=O) groups is 1. The summed E-state index contributed by atoms with van der Waals surface area (Å²) in [4.78, 5) is 9.13. The second-order valence-electron chi connectivity index (χ2n) is 7.67. The van der Waals surface area contributed by atoms with Crippen molar-refractivity contribution in [1.29, 1.82) is 0 Å². The molecule has 0 bridgehead atoms. The zero-order valence-electron chi connectivity index (χ0n) is 16.4. The number of aryl methyl sites for hydroxylation is 1. The highest BCUT2D eigenvalue weighted by atomic mass is 35.5. The molecule has 5 nitrogen and oxygen atoms in total. The standard InChI is InChI=1S/C20H17ClFNO2S.C2H4O2/c21-13-7-5-12(6-8-13)18-11-26(24,25)19-10-14(22)9-16-15-3-1-2-4-17(15)23(18)20(16)19;1-2(3)4/h5-10,18H,1-4,11H2;1H3,(H,3,4)/t18-;/m0./s1. The molecule has 2 heterocycles. The Morgan fingerprint density at radius 3 is 2.47 bits per heavy atom. The quantitative estimate of drug-likeness (QED) is 0.580. The van der Waals surface area contributed by atoms with E-state index in [-0.39, 0.29) is 16.7 Å². The Labute approximate surface area is 179 Å². The van der Waals surface area contributed by atoms with Crippen LogP contribution in [0.1, 0.15) is 42.6 Å².